The molecule has 4 saturated carbocycles. The minimum Gasteiger partial charge on any atom is -0.460 e. The summed E-state index contributed by atoms with van der Waals surface area (Å²) in [6.07, 6.45) is 5.79. The van der Waals surface area contributed by atoms with Crippen LogP contribution in [0.1, 0.15) is 44.1 Å². The normalized spacial score (nSPS) is 36.5. The Kier molecular flexibility index (Phi) is 3.60. The van der Waals surface area contributed by atoms with Gasteiger partial charge in [0, 0.05) is 17.0 Å². The number of alkyl halides is 1. The van der Waals surface area contributed by atoms with Crippen molar-refractivity contribution in [2.45, 2.75) is 50.0 Å². The van der Waals surface area contributed by atoms with Gasteiger partial charge in [-0.05, 0) is 68.1 Å². The number of esters is 1. The molecule has 0 spiro atoms. The van der Waals surface area contributed by atoms with Gasteiger partial charge in [0.15, 0.2) is 0 Å². The van der Waals surface area contributed by atoms with E-state index in [0.29, 0.717) is 11.8 Å². The Morgan fingerprint density at radius 3 is 2.38 bits per heavy atom. The number of carbonyl (C=O) groups is 1. The van der Waals surface area contributed by atoms with Crippen LogP contribution in [0.25, 0.3) is 0 Å². The Labute approximate surface area is 145 Å². The molecule has 0 radical (unpaired) electrons. The van der Waals surface area contributed by atoms with Gasteiger partial charge < -0.3 is 4.74 Å². The Morgan fingerprint density at radius 2 is 1.83 bits per heavy atom. The first-order valence-corrected chi connectivity index (χ1v) is 8.85. The minimum atomic E-state index is -0.439. The lowest BCUT2D eigenvalue weighted by atomic mass is 9.49. The van der Waals surface area contributed by atoms with Crippen LogP contribution in [0.15, 0.2) is 24.3 Å². The second-order valence-corrected chi connectivity index (χ2v) is 8.69. The van der Waals surface area contributed by atoms with Crippen LogP contribution in [-0.4, -0.2) is 15.8 Å². The molecule has 4 bridgehead atoms. The van der Waals surface area contributed by atoms with Gasteiger partial charge >= 0.3 is 5.97 Å². The Morgan fingerprint density at radius 1 is 1.21 bits per heavy atom. The fraction of sp³-hybridized carbons (Fsp3) is 0.611. The molecule has 0 aromatic heterocycles. The molecular formula is C18H20ClNO4. The van der Waals surface area contributed by atoms with Crippen molar-refractivity contribution in [2.24, 2.45) is 17.3 Å². The zero-order valence-corrected chi connectivity index (χ0v) is 14.1. The maximum Gasteiger partial charge on any atom is 0.312 e. The summed E-state index contributed by atoms with van der Waals surface area (Å²) in [4.78, 5) is 22.8. The molecule has 4 fully saturated rings. The third-order valence-corrected chi connectivity index (χ3v) is 6.38. The highest BCUT2D eigenvalue weighted by Crippen LogP contribution is 2.64. The van der Waals surface area contributed by atoms with E-state index in [1.165, 1.54) is 18.6 Å². The fourth-order valence-electron chi connectivity index (χ4n) is 5.41. The van der Waals surface area contributed by atoms with Gasteiger partial charge in [-0.3, -0.25) is 14.9 Å². The summed E-state index contributed by atoms with van der Waals surface area (Å²) in [5.41, 5.74) is 0.390. The number of hydrogen-bond acceptors (Lipinski definition) is 4. The number of hydrogen-bond donors (Lipinski definition) is 0. The van der Waals surface area contributed by atoms with Crippen LogP contribution in [0.4, 0.5) is 5.69 Å². The maximum atomic E-state index is 12.8. The SMILES string of the molecule is O=C(OCc1ccc([N+](=O)[O-])cc1)C12C[C@@H]3C[C@@H](CC(Cl)(C3)C1)C2. The van der Waals surface area contributed by atoms with Gasteiger partial charge in [0.25, 0.3) is 5.69 Å². The van der Waals surface area contributed by atoms with E-state index in [2.05, 4.69) is 0 Å². The molecule has 0 amide bonds. The van der Waals surface area contributed by atoms with Crippen molar-refractivity contribution in [1.29, 1.82) is 0 Å². The van der Waals surface area contributed by atoms with Crippen molar-refractivity contribution >= 4 is 23.3 Å². The summed E-state index contributed by atoms with van der Waals surface area (Å²) < 4.78 is 5.59. The molecule has 0 heterocycles. The van der Waals surface area contributed by atoms with Crippen LogP contribution >= 0.6 is 11.6 Å². The number of benzene rings is 1. The highest BCUT2D eigenvalue weighted by atomic mass is 35.5. The quantitative estimate of drug-likeness (QED) is 0.353. The van der Waals surface area contributed by atoms with E-state index in [1.807, 2.05) is 0 Å². The first-order chi connectivity index (χ1) is 11.4. The molecule has 24 heavy (non-hydrogen) atoms. The number of rotatable bonds is 4. The van der Waals surface area contributed by atoms with Crippen molar-refractivity contribution in [3.8, 4) is 0 Å². The van der Waals surface area contributed by atoms with Gasteiger partial charge in [-0.25, -0.2) is 0 Å². The lowest BCUT2D eigenvalue weighted by molar-refractivity contribution is -0.384. The number of non-ortho nitro benzene ring substituents is 1. The first-order valence-electron chi connectivity index (χ1n) is 8.47. The number of nitro benzene ring substituents is 1. The molecule has 5 rings (SSSR count). The van der Waals surface area contributed by atoms with Crippen molar-refractivity contribution in [2.75, 3.05) is 0 Å². The van der Waals surface area contributed by atoms with Crippen LogP contribution in [0, 0.1) is 27.4 Å². The van der Waals surface area contributed by atoms with E-state index in [0.717, 1.165) is 37.7 Å². The van der Waals surface area contributed by atoms with Crippen LogP contribution < -0.4 is 0 Å². The zero-order chi connectivity index (χ0) is 16.9. The Bertz CT molecular complexity index is 673. The number of carbonyl (C=O) groups excluding carboxylic acids is 1. The summed E-state index contributed by atoms with van der Waals surface area (Å²) >= 11 is 6.76. The van der Waals surface area contributed by atoms with Gasteiger partial charge in [-0.1, -0.05) is 0 Å². The number of ether oxygens (including phenoxy) is 1. The smallest absolute Gasteiger partial charge is 0.312 e. The molecule has 1 aromatic rings. The van der Waals surface area contributed by atoms with E-state index in [-0.39, 0.29) is 23.1 Å². The van der Waals surface area contributed by atoms with Crippen molar-refractivity contribution in [3.05, 3.63) is 39.9 Å². The molecule has 0 aliphatic heterocycles. The molecule has 4 aliphatic rings. The van der Waals surface area contributed by atoms with Crippen LogP contribution in [-0.2, 0) is 16.1 Å². The molecule has 6 heteroatoms. The van der Waals surface area contributed by atoms with Crippen molar-refractivity contribution in [3.63, 3.8) is 0 Å². The molecular weight excluding hydrogens is 330 g/mol. The third-order valence-electron chi connectivity index (χ3n) is 5.94. The van der Waals surface area contributed by atoms with Gasteiger partial charge in [0.2, 0.25) is 0 Å². The predicted octanol–water partition coefficient (Wildman–Crippen LogP) is 4.22. The highest BCUT2D eigenvalue weighted by Gasteiger charge is 2.60. The van der Waals surface area contributed by atoms with Gasteiger partial charge in [0.1, 0.15) is 6.61 Å². The lowest BCUT2D eigenvalue weighted by Gasteiger charge is -2.58. The Hall–Kier alpha value is -1.62. The van der Waals surface area contributed by atoms with Crippen LogP contribution in [0.3, 0.4) is 0 Å². The molecule has 1 aromatic carbocycles. The average molecular weight is 350 g/mol. The van der Waals surface area contributed by atoms with Gasteiger partial charge in [-0.2, -0.15) is 0 Å². The number of nitro groups is 1. The van der Waals surface area contributed by atoms with Crippen molar-refractivity contribution < 1.29 is 14.5 Å². The Balaban J connectivity index is 1.44. The summed E-state index contributed by atoms with van der Waals surface area (Å²) in [6.45, 7) is 0.156. The predicted molar refractivity (Wildman–Crippen MR) is 88.6 cm³/mol. The van der Waals surface area contributed by atoms with Crippen molar-refractivity contribution in [1.82, 2.24) is 0 Å². The van der Waals surface area contributed by atoms with E-state index in [9.17, 15) is 14.9 Å². The molecule has 128 valence electrons. The zero-order valence-electron chi connectivity index (χ0n) is 13.4. The lowest BCUT2D eigenvalue weighted by Crippen LogP contribution is -2.56. The monoisotopic (exact) mass is 349 g/mol. The molecule has 2 unspecified atom stereocenters. The molecule has 0 saturated heterocycles. The maximum absolute atomic E-state index is 12.8. The van der Waals surface area contributed by atoms with E-state index in [4.69, 9.17) is 16.3 Å². The summed E-state index contributed by atoms with van der Waals surface area (Å²) in [6, 6.07) is 6.13. The largest absolute Gasteiger partial charge is 0.460 e. The summed E-state index contributed by atoms with van der Waals surface area (Å²) in [7, 11) is 0. The van der Waals surface area contributed by atoms with Gasteiger partial charge in [0.05, 0.1) is 10.3 Å². The van der Waals surface area contributed by atoms with Gasteiger partial charge in [-0.15, -0.1) is 11.6 Å². The topological polar surface area (TPSA) is 69.4 Å². The molecule has 4 atom stereocenters. The highest BCUT2D eigenvalue weighted by molar-refractivity contribution is 6.24. The number of nitrogens with zero attached hydrogens (tertiary/aromatic N) is 1. The number of halogens is 1. The molecule has 0 N–H and O–H groups in total. The van der Waals surface area contributed by atoms with E-state index in [1.54, 1.807) is 12.1 Å². The summed E-state index contributed by atoms with van der Waals surface area (Å²) in [5, 5.41) is 10.7. The van der Waals surface area contributed by atoms with E-state index >= 15 is 0 Å². The molecule has 4 aliphatic carbocycles. The standard InChI is InChI=1S/C18H20ClNO4/c19-18-8-13-5-14(9-18)7-17(6-13,11-18)16(21)24-10-12-1-3-15(4-2-12)20(22)23/h1-4,13-14H,5-11H2/t13-,14+,17?,18?. The summed E-state index contributed by atoms with van der Waals surface area (Å²) in [5.74, 6) is 0.964. The molecule has 5 nitrogen and oxygen atoms in total. The third kappa shape index (κ3) is 2.69. The van der Waals surface area contributed by atoms with E-state index < -0.39 is 10.3 Å². The minimum absolute atomic E-state index is 0.0373. The van der Waals surface area contributed by atoms with Crippen LogP contribution in [0.5, 0.6) is 0 Å². The second kappa shape index (κ2) is 5.45. The fourth-order valence-corrected chi connectivity index (χ4v) is 6.10. The average Bonchev–Trinajstić information content (AvgIpc) is 2.50. The second-order valence-electron chi connectivity index (χ2n) is 7.89. The van der Waals surface area contributed by atoms with Crippen LogP contribution in [0.2, 0.25) is 0 Å². The first kappa shape index (κ1) is 15.9.